The molecule has 3 saturated heterocycles. The van der Waals surface area contributed by atoms with Crippen LogP contribution in [0.1, 0.15) is 71.6 Å². The summed E-state index contributed by atoms with van der Waals surface area (Å²) in [5.41, 5.74) is -1.97. The summed E-state index contributed by atoms with van der Waals surface area (Å²) in [6, 6.07) is -1.39. The third-order valence-electron chi connectivity index (χ3n) is 8.86. The lowest BCUT2D eigenvalue weighted by Crippen LogP contribution is -2.60. The fourth-order valence-corrected chi connectivity index (χ4v) is 7.16. The van der Waals surface area contributed by atoms with E-state index in [1.165, 1.54) is 4.90 Å². The average molecular weight is 503 g/mol. The number of esters is 1. The van der Waals surface area contributed by atoms with Crippen LogP contribution >= 0.6 is 0 Å². The first-order chi connectivity index (χ1) is 17.3. The summed E-state index contributed by atoms with van der Waals surface area (Å²) >= 11 is 0. The number of likely N-dealkylation sites (tertiary alicyclic amines) is 1. The Morgan fingerprint density at radius 3 is 2.61 bits per heavy atom. The first-order valence-corrected chi connectivity index (χ1v) is 13.6. The Balaban J connectivity index is 1.70. The summed E-state index contributed by atoms with van der Waals surface area (Å²) in [6.45, 7) is 11.5. The maximum absolute atomic E-state index is 14.4. The van der Waals surface area contributed by atoms with E-state index < -0.39 is 41.1 Å². The van der Waals surface area contributed by atoms with E-state index in [1.807, 2.05) is 11.8 Å². The highest BCUT2D eigenvalue weighted by molar-refractivity contribution is 5.98. The summed E-state index contributed by atoms with van der Waals surface area (Å²) < 4.78 is 12.2. The van der Waals surface area contributed by atoms with Crippen molar-refractivity contribution in [3.63, 3.8) is 0 Å². The Kier molecular flexibility index (Phi) is 7.95. The van der Waals surface area contributed by atoms with Gasteiger partial charge in [0.15, 0.2) is 0 Å². The van der Waals surface area contributed by atoms with Crippen molar-refractivity contribution < 1.29 is 29.0 Å². The normalized spacial score (nSPS) is 34.4. The highest BCUT2D eigenvalue weighted by Gasteiger charge is 2.79. The van der Waals surface area contributed by atoms with Crippen LogP contribution in [0.15, 0.2) is 25.3 Å². The largest absolute Gasteiger partial charge is 0.465 e. The smallest absolute Gasteiger partial charge is 0.312 e. The quantitative estimate of drug-likeness (QED) is 0.265. The lowest BCUT2D eigenvalue weighted by atomic mass is 9.66. The molecular formula is C28H42N2O6. The molecule has 2 bridgehead atoms. The number of amides is 2. The van der Waals surface area contributed by atoms with Crippen LogP contribution in [0.5, 0.6) is 0 Å². The maximum atomic E-state index is 14.4. The second-order valence-corrected chi connectivity index (χ2v) is 11.2. The van der Waals surface area contributed by atoms with Crippen LogP contribution in [0.2, 0.25) is 0 Å². The minimum Gasteiger partial charge on any atom is -0.465 e. The van der Waals surface area contributed by atoms with Gasteiger partial charge in [-0.25, -0.2) is 0 Å². The fraction of sp³-hybridized carbons (Fsp3) is 0.750. The van der Waals surface area contributed by atoms with Crippen LogP contribution in [-0.4, -0.2) is 81.8 Å². The molecule has 0 aromatic carbocycles. The van der Waals surface area contributed by atoms with Gasteiger partial charge in [0.25, 0.3) is 0 Å². The summed E-state index contributed by atoms with van der Waals surface area (Å²) in [5.74, 6) is -2.49. The second kappa shape index (κ2) is 10.7. The van der Waals surface area contributed by atoms with Crippen molar-refractivity contribution in [1.82, 2.24) is 9.80 Å². The van der Waals surface area contributed by atoms with Gasteiger partial charge in [0.05, 0.1) is 30.8 Å². The number of aliphatic hydroxyl groups is 1. The van der Waals surface area contributed by atoms with Crippen molar-refractivity contribution in [2.75, 3.05) is 19.8 Å². The SMILES string of the molecule is C=CCCCOC(=O)[C@@H]1[C@H]2C(=O)N([C@H](C)CO)C(C(=O)N(CC=C)C3CCCCC3)C23CC[C@@]1(C)O3. The molecule has 4 fully saturated rings. The molecule has 1 spiro atoms. The molecule has 1 saturated carbocycles. The van der Waals surface area contributed by atoms with Crippen molar-refractivity contribution >= 4 is 17.8 Å². The molecule has 0 aromatic heterocycles. The topological polar surface area (TPSA) is 96.4 Å². The number of aliphatic hydroxyl groups excluding tert-OH is 1. The molecule has 6 atom stereocenters. The molecule has 36 heavy (non-hydrogen) atoms. The number of nitrogens with zero attached hydrogens (tertiary/aromatic N) is 2. The van der Waals surface area contributed by atoms with Crippen LogP contribution in [0.3, 0.4) is 0 Å². The van der Waals surface area contributed by atoms with E-state index >= 15 is 0 Å². The monoisotopic (exact) mass is 502 g/mol. The molecule has 200 valence electrons. The van der Waals surface area contributed by atoms with Crippen LogP contribution in [0.4, 0.5) is 0 Å². The molecule has 8 heteroatoms. The van der Waals surface area contributed by atoms with Gasteiger partial charge in [-0.15, -0.1) is 13.2 Å². The maximum Gasteiger partial charge on any atom is 0.312 e. The minimum atomic E-state index is -1.11. The molecule has 4 aliphatic rings. The number of carbonyl (C=O) groups excluding carboxylic acids is 3. The second-order valence-electron chi connectivity index (χ2n) is 11.2. The lowest BCUT2D eigenvalue weighted by Gasteiger charge is -2.42. The number of ether oxygens (including phenoxy) is 2. The van der Waals surface area contributed by atoms with Gasteiger partial charge in [-0.2, -0.15) is 0 Å². The summed E-state index contributed by atoms with van der Waals surface area (Å²) in [4.78, 5) is 45.1. The van der Waals surface area contributed by atoms with Crippen molar-refractivity contribution in [2.45, 2.75) is 101 Å². The summed E-state index contributed by atoms with van der Waals surface area (Å²) in [5, 5.41) is 10.1. The van der Waals surface area contributed by atoms with Gasteiger partial charge in [0.2, 0.25) is 11.8 Å². The van der Waals surface area contributed by atoms with E-state index in [9.17, 15) is 19.5 Å². The van der Waals surface area contributed by atoms with E-state index in [1.54, 1.807) is 19.1 Å². The Labute approximate surface area is 214 Å². The van der Waals surface area contributed by atoms with E-state index in [4.69, 9.17) is 9.47 Å². The third kappa shape index (κ3) is 4.30. The lowest BCUT2D eigenvalue weighted by molar-refractivity contribution is -0.162. The zero-order chi connectivity index (χ0) is 26.1. The number of hydrogen-bond acceptors (Lipinski definition) is 6. The van der Waals surface area contributed by atoms with E-state index in [2.05, 4.69) is 13.2 Å². The Morgan fingerprint density at radius 1 is 1.25 bits per heavy atom. The molecule has 1 N–H and O–H groups in total. The van der Waals surface area contributed by atoms with E-state index in [-0.39, 0.29) is 31.1 Å². The number of rotatable bonds is 11. The van der Waals surface area contributed by atoms with Crippen LogP contribution in [0.25, 0.3) is 0 Å². The number of allylic oxidation sites excluding steroid dienone is 1. The van der Waals surface area contributed by atoms with Gasteiger partial charge >= 0.3 is 5.97 Å². The molecule has 2 unspecified atom stereocenters. The Bertz CT molecular complexity index is 885. The Hall–Kier alpha value is -2.19. The zero-order valence-electron chi connectivity index (χ0n) is 21.8. The predicted molar refractivity (Wildman–Crippen MR) is 135 cm³/mol. The molecule has 1 aliphatic carbocycles. The van der Waals surface area contributed by atoms with Crippen molar-refractivity contribution in [3.05, 3.63) is 25.3 Å². The van der Waals surface area contributed by atoms with Gasteiger partial charge in [0.1, 0.15) is 17.6 Å². The number of fused-ring (bicyclic) bond motifs is 1. The van der Waals surface area contributed by atoms with E-state index in [0.29, 0.717) is 25.8 Å². The predicted octanol–water partition coefficient (Wildman–Crippen LogP) is 2.99. The van der Waals surface area contributed by atoms with Gasteiger partial charge < -0.3 is 24.4 Å². The highest BCUT2D eigenvalue weighted by Crippen LogP contribution is 2.63. The van der Waals surface area contributed by atoms with Crippen LogP contribution in [-0.2, 0) is 23.9 Å². The molecule has 4 rings (SSSR count). The molecular weight excluding hydrogens is 460 g/mol. The van der Waals surface area contributed by atoms with Crippen molar-refractivity contribution in [2.24, 2.45) is 11.8 Å². The molecule has 8 nitrogen and oxygen atoms in total. The number of unbranched alkanes of at least 4 members (excludes halogenated alkanes) is 1. The average Bonchev–Trinajstić information content (AvgIpc) is 3.45. The van der Waals surface area contributed by atoms with Crippen LogP contribution < -0.4 is 0 Å². The van der Waals surface area contributed by atoms with Gasteiger partial charge in [0, 0.05) is 12.6 Å². The van der Waals surface area contributed by atoms with Gasteiger partial charge in [-0.3, -0.25) is 14.4 Å². The third-order valence-corrected chi connectivity index (χ3v) is 8.86. The van der Waals surface area contributed by atoms with Crippen molar-refractivity contribution in [3.8, 4) is 0 Å². The van der Waals surface area contributed by atoms with Crippen LogP contribution in [0, 0.1) is 11.8 Å². The highest BCUT2D eigenvalue weighted by atomic mass is 16.6. The number of hydrogen-bond donors (Lipinski definition) is 1. The fourth-order valence-electron chi connectivity index (χ4n) is 7.16. The van der Waals surface area contributed by atoms with Gasteiger partial charge in [-0.05, 0) is 52.4 Å². The molecule has 3 heterocycles. The van der Waals surface area contributed by atoms with Crippen molar-refractivity contribution in [1.29, 1.82) is 0 Å². The number of carbonyl (C=O) groups is 3. The standard InChI is InChI=1S/C28H42N2O6/c1-5-7-11-17-35-26(34)22-21-24(32)30(19(3)18-31)23(28(21)15-14-27(22,4)36-28)25(33)29(16-6-2)20-12-9-8-10-13-20/h5-6,19-23,31H,1-2,7-18H2,3-4H3/t19-,21+,22+,23?,27-,28?/m1/s1. The minimum absolute atomic E-state index is 0.0842. The van der Waals surface area contributed by atoms with Gasteiger partial charge in [-0.1, -0.05) is 31.4 Å². The zero-order valence-corrected chi connectivity index (χ0v) is 21.8. The molecule has 2 amide bonds. The Morgan fingerprint density at radius 2 is 1.97 bits per heavy atom. The molecule has 0 radical (unpaired) electrons. The van der Waals surface area contributed by atoms with E-state index in [0.717, 1.165) is 38.5 Å². The molecule has 0 aromatic rings. The first kappa shape index (κ1) is 26.9. The first-order valence-electron chi connectivity index (χ1n) is 13.6. The molecule has 3 aliphatic heterocycles. The summed E-state index contributed by atoms with van der Waals surface area (Å²) in [7, 11) is 0. The summed E-state index contributed by atoms with van der Waals surface area (Å²) in [6.07, 6.45) is 11.1.